The molecule has 0 heterocycles. The molecule has 98 valence electrons. The highest BCUT2D eigenvalue weighted by Gasteiger charge is 2.27. The molecule has 0 radical (unpaired) electrons. The van der Waals surface area contributed by atoms with E-state index in [-0.39, 0.29) is 5.75 Å². The van der Waals surface area contributed by atoms with Crippen LogP contribution in [0.25, 0.3) is 0 Å². The molecule has 0 aliphatic rings. The van der Waals surface area contributed by atoms with Gasteiger partial charge in [0.2, 0.25) is 5.75 Å². The van der Waals surface area contributed by atoms with E-state index in [2.05, 4.69) is 0 Å². The van der Waals surface area contributed by atoms with E-state index in [0.717, 1.165) is 18.2 Å². The van der Waals surface area contributed by atoms with Crippen molar-refractivity contribution in [2.45, 2.75) is 20.0 Å². The molecule has 0 saturated heterocycles. The molecule has 1 atom stereocenters. The molecular formula is C11H12FNO5. The molecule has 18 heavy (non-hydrogen) atoms. The van der Waals surface area contributed by atoms with Crippen LogP contribution in [0.4, 0.5) is 10.1 Å². The molecule has 6 nitrogen and oxygen atoms in total. The van der Waals surface area contributed by atoms with Crippen molar-refractivity contribution in [1.82, 2.24) is 0 Å². The maximum atomic E-state index is 13.0. The van der Waals surface area contributed by atoms with Gasteiger partial charge in [-0.1, -0.05) is 13.8 Å². The standard InChI is InChI=1S/C11H12FNO5/c1-6(2)10(11(14)15)18-9-5-7(12)3-4-8(9)13(16)17/h3-6,10H,1-2H3,(H,14,15). The summed E-state index contributed by atoms with van der Waals surface area (Å²) in [5.74, 6) is -2.79. The second kappa shape index (κ2) is 5.44. The highest BCUT2D eigenvalue weighted by molar-refractivity contribution is 5.73. The van der Waals surface area contributed by atoms with E-state index in [4.69, 9.17) is 9.84 Å². The Bertz CT molecular complexity index is 475. The zero-order chi connectivity index (χ0) is 13.9. The number of hydrogen-bond donors (Lipinski definition) is 1. The summed E-state index contributed by atoms with van der Waals surface area (Å²) >= 11 is 0. The smallest absolute Gasteiger partial charge is 0.345 e. The van der Waals surface area contributed by atoms with Crippen LogP contribution < -0.4 is 4.74 Å². The number of nitro groups is 1. The van der Waals surface area contributed by atoms with Gasteiger partial charge in [-0.25, -0.2) is 9.18 Å². The van der Waals surface area contributed by atoms with Crippen molar-refractivity contribution in [2.24, 2.45) is 5.92 Å². The van der Waals surface area contributed by atoms with E-state index >= 15 is 0 Å². The highest BCUT2D eigenvalue weighted by Crippen LogP contribution is 2.29. The molecular weight excluding hydrogens is 245 g/mol. The lowest BCUT2D eigenvalue weighted by Crippen LogP contribution is -2.32. The molecule has 1 unspecified atom stereocenters. The number of ether oxygens (including phenoxy) is 1. The molecule has 0 fully saturated rings. The molecule has 0 bridgehead atoms. The normalized spacial score (nSPS) is 12.2. The fourth-order valence-electron chi connectivity index (χ4n) is 1.34. The molecule has 7 heteroatoms. The average Bonchev–Trinajstić information content (AvgIpc) is 2.24. The first-order chi connectivity index (χ1) is 8.32. The van der Waals surface area contributed by atoms with Crippen molar-refractivity contribution >= 4 is 11.7 Å². The molecule has 0 aromatic heterocycles. The van der Waals surface area contributed by atoms with Gasteiger partial charge in [0.25, 0.3) is 0 Å². The van der Waals surface area contributed by atoms with Crippen LogP contribution >= 0.6 is 0 Å². The zero-order valence-corrected chi connectivity index (χ0v) is 9.79. The number of hydrogen-bond acceptors (Lipinski definition) is 4. The first-order valence-electron chi connectivity index (χ1n) is 5.16. The maximum Gasteiger partial charge on any atom is 0.345 e. The molecule has 1 N–H and O–H groups in total. The Hall–Kier alpha value is -2.18. The average molecular weight is 257 g/mol. The van der Waals surface area contributed by atoms with Crippen molar-refractivity contribution in [3.8, 4) is 5.75 Å². The second-order valence-electron chi connectivity index (χ2n) is 3.99. The Kier molecular flexibility index (Phi) is 4.19. The van der Waals surface area contributed by atoms with Gasteiger partial charge in [0.05, 0.1) is 4.92 Å². The number of rotatable bonds is 5. The number of carbonyl (C=O) groups is 1. The predicted octanol–water partition coefficient (Wildman–Crippen LogP) is 2.22. The lowest BCUT2D eigenvalue weighted by atomic mass is 10.1. The summed E-state index contributed by atoms with van der Waals surface area (Å²) in [6, 6.07) is 2.65. The van der Waals surface area contributed by atoms with Crippen LogP contribution in [0.2, 0.25) is 0 Å². The molecule has 0 amide bonds. The second-order valence-corrected chi connectivity index (χ2v) is 3.99. The van der Waals surface area contributed by atoms with Crippen LogP contribution in [0.1, 0.15) is 13.8 Å². The minimum absolute atomic E-state index is 0.388. The zero-order valence-electron chi connectivity index (χ0n) is 9.79. The van der Waals surface area contributed by atoms with Crippen molar-refractivity contribution in [3.63, 3.8) is 0 Å². The minimum atomic E-state index is -1.27. The van der Waals surface area contributed by atoms with Crippen LogP contribution in [0.15, 0.2) is 18.2 Å². The molecule has 0 spiro atoms. The molecule has 1 rings (SSSR count). The quantitative estimate of drug-likeness (QED) is 0.645. The SMILES string of the molecule is CC(C)C(Oc1cc(F)ccc1[N+](=O)[O-])C(=O)O. The van der Waals surface area contributed by atoms with Crippen LogP contribution in [-0.4, -0.2) is 22.1 Å². The van der Waals surface area contributed by atoms with E-state index < -0.39 is 34.4 Å². The number of aliphatic carboxylic acids is 1. The number of benzene rings is 1. The molecule has 0 saturated carbocycles. The van der Waals surface area contributed by atoms with Crippen molar-refractivity contribution < 1.29 is 24.0 Å². The first kappa shape index (κ1) is 13.9. The van der Waals surface area contributed by atoms with E-state index in [1.807, 2.05) is 0 Å². The number of carboxylic acid groups (broad SMARTS) is 1. The summed E-state index contributed by atoms with van der Waals surface area (Å²) in [5, 5.41) is 19.6. The molecule has 1 aromatic rings. The maximum absolute atomic E-state index is 13.0. The summed E-state index contributed by atoms with van der Waals surface area (Å²) in [7, 11) is 0. The molecule has 1 aromatic carbocycles. The predicted molar refractivity (Wildman–Crippen MR) is 59.9 cm³/mol. The fourth-order valence-corrected chi connectivity index (χ4v) is 1.34. The van der Waals surface area contributed by atoms with Gasteiger partial charge in [-0.15, -0.1) is 0 Å². The van der Waals surface area contributed by atoms with E-state index in [0.29, 0.717) is 0 Å². The van der Waals surface area contributed by atoms with Crippen LogP contribution in [0.5, 0.6) is 5.75 Å². The van der Waals surface area contributed by atoms with Crippen LogP contribution in [0.3, 0.4) is 0 Å². The molecule has 0 aliphatic heterocycles. The van der Waals surface area contributed by atoms with Gasteiger partial charge < -0.3 is 9.84 Å². The van der Waals surface area contributed by atoms with Crippen molar-refractivity contribution in [3.05, 3.63) is 34.1 Å². The van der Waals surface area contributed by atoms with Gasteiger partial charge in [-0.2, -0.15) is 0 Å². The van der Waals surface area contributed by atoms with Gasteiger partial charge in [-0.3, -0.25) is 10.1 Å². The largest absolute Gasteiger partial charge is 0.478 e. The third-order valence-corrected chi connectivity index (χ3v) is 2.22. The number of nitro benzene ring substituents is 1. The van der Waals surface area contributed by atoms with Gasteiger partial charge >= 0.3 is 11.7 Å². The van der Waals surface area contributed by atoms with Crippen LogP contribution in [0, 0.1) is 21.8 Å². The Balaban J connectivity index is 3.12. The van der Waals surface area contributed by atoms with Crippen molar-refractivity contribution in [1.29, 1.82) is 0 Å². The summed E-state index contributed by atoms with van der Waals surface area (Å²) < 4.78 is 18.0. The third kappa shape index (κ3) is 3.16. The Morgan fingerprint density at radius 1 is 1.50 bits per heavy atom. The van der Waals surface area contributed by atoms with Gasteiger partial charge in [0.15, 0.2) is 6.10 Å². The lowest BCUT2D eigenvalue weighted by Gasteiger charge is -2.18. The molecule has 0 aliphatic carbocycles. The first-order valence-corrected chi connectivity index (χ1v) is 5.16. The van der Waals surface area contributed by atoms with E-state index in [9.17, 15) is 19.3 Å². The Labute approximate surface area is 102 Å². The summed E-state index contributed by atoms with van der Waals surface area (Å²) in [6.45, 7) is 3.17. The van der Waals surface area contributed by atoms with E-state index in [1.165, 1.54) is 0 Å². The summed E-state index contributed by atoms with van der Waals surface area (Å²) in [4.78, 5) is 20.9. The Morgan fingerprint density at radius 2 is 2.11 bits per heavy atom. The summed E-state index contributed by atoms with van der Waals surface area (Å²) in [6.07, 6.45) is -1.27. The minimum Gasteiger partial charge on any atom is -0.478 e. The number of nitrogens with zero attached hydrogens (tertiary/aromatic N) is 1. The monoisotopic (exact) mass is 257 g/mol. The summed E-state index contributed by atoms with van der Waals surface area (Å²) in [5.41, 5.74) is -0.469. The van der Waals surface area contributed by atoms with Crippen LogP contribution in [-0.2, 0) is 4.79 Å². The van der Waals surface area contributed by atoms with Gasteiger partial charge in [0, 0.05) is 18.1 Å². The lowest BCUT2D eigenvalue weighted by molar-refractivity contribution is -0.386. The number of carboxylic acids is 1. The van der Waals surface area contributed by atoms with E-state index in [1.54, 1.807) is 13.8 Å². The number of halogens is 1. The fraction of sp³-hybridized carbons (Fsp3) is 0.364. The topological polar surface area (TPSA) is 89.7 Å². The Morgan fingerprint density at radius 3 is 2.56 bits per heavy atom. The third-order valence-electron chi connectivity index (χ3n) is 2.22. The van der Waals surface area contributed by atoms with Gasteiger partial charge in [-0.05, 0) is 6.07 Å². The van der Waals surface area contributed by atoms with Gasteiger partial charge in [0.1, 0.15) is 5.82 Å². The highest BCUT2D eigenvalue weighted by atomic mass is 19.1. The van der Waals surface area contributed by atoms with Crippen molar-refractivity contribution in [2.75, 3.05) is 0 Å².